The van der Waals surface area contributed by atoms with Crippen molar-refractivity contribution in [1.29, 1.82) is 0 Å². The van der Waals surface area contributed by atoms with Gasteiger partial charge in [-0.1, -0.05) is 12.5 Å². The first-order chi connectivity index (χ1) is 5.54. The van der Waals surface area contributed by atoms with E-state index in [0.29, 0.717) is 16.0 Å². The van der Waals surface area contributed by atoms with Crippen molar-refractivity contribution in [3.8, 4) is 0 Å². The minimum absolute atomic E-state index is 0. The number of rotatable bonds is 1. The first-order valence-corrected chi connectivity index (χ1v) is 3.66. The molecular formula is C9H10NO2Y-. The molecule has 0 aliphatic carbocycles. The SMILES string of the molecule is CC(=O)c1c(C)[c-]cc(C)[n+]1[O-].[Y]. The van der Waals surface area contributed by atoms with E-state index in [1.54, 1.807) is 19.9 Å². The van der Waals surface area contributed by atoms with Gasteiger partial charge in [-0.25, -0.2) is 0 Å². The minimum Gasteiger partial charge on any atom is -0.640 e. The maximum absolute atomic E-state index is 11.3. The summed E-state index contributed by atoms with van der Waals surface area (Å²) >= 11 is 0. The number of carbonyl (C=O) groups excluding carboxylic acids is 1. The number of ketones is 1. The molecule has 3 nitrogen and oxygen atoms in total. The summed E-state index contributed by atoms with van der Waals surface area (Å²) < 4.78 is 0.647. The molecule has 0 fully saturated rings. The molecule has 0 aliphatic heterocycles. The van der Waals surface area contributed by atoms with Gasteiger partial charge < -0.3 is 10.0 Å². The van der Waals surface area contributed by atoms with E-state index in [9.17, 15) is 10.0 Å². The Labute approximate surface area is 103 Å². The first-order valence-electron chi connectivity index (χ1n) is 3.66. The van der Waals surface area contributed by atoms with Gasteiger partial charge in [0.25, 0.3) is 0 Å². The minimum atomic E-state index is -0.220. The second kappa shape index (κ2) is 4.82. The van der Waals surface area contributed by atoms with Gasteiger partial charge in [0.15, 0.2) is 11.5 Å². The summed E-state index contributed by atoms with van der Waals surface area (Å²) in [6, 6.07) is 4.43. The third-order valence-electron chi connectivity index (χ3n) is 1.71. The van der Waals surface area contributed by atoms with Crippen LogP contribution in [0.15, 0.2) is 6.07 Å². The van der Waals surface area contributed by atoms with Crippen molar-refractivity contribution in [1.82, 2.24) is 0 Å². The second-order valence-electron chi connectivity index (χ2n) is 2.75. The van der Waals surface area contributed by atoms with Crippen molar-refractivity contribution in [3.63, 3.8) is 0 Å². The van der Waals surface area contributed by atoms with Crippen LogP contribution in [0.2, 0.25) is 0 Å². The van der Waals surface area contributed by atoms with Crippen LogP contribution >= 0.6 is 0 Å². The first kappa shape index (κ1) is 12.7. The fourth-order valence-electron chi connectivity index (χ4n) is 1.08. The molecule has 0 atom stereocenters. The fourth-order valence-corrected chi connectivity index (χ4v) is 1.08. The normalized spacial score (nSPS) is 9.15. The van der Waals surface area contributed by atoms with Gasteiger partial charge in [0.05, 0.1) is 5.69 Å². The Hall–Kier alpha value is -0.276. The number of aryl methyl sites for hydroxylation is 2. The molecule has 1 rings (SSSR count). The second-order valence-corrected chi connectivity index (χ2v) is 2.75. The summed E-state index contributed by atoms with van der Waals surface area (Å²) in [5.74, 6) is -0.220. The van der Waals surface area contributed by atoms with Gasteiger partial charge in [-0.05, 0) is 13.8 Å². The Morgan fingerprint density at radius 3 is 2.46 bits per heavy atom. The van der Waals surface area contributed by atoms with Crippen LogP contribution in [0.5, 0.6) is 0 Å². The molecule has 0 bridgehead atoms. The number of carbonyl (C=O) groups is 1. The van der Waals surface area contributed by atoms with Crippen LogP contribution in [-0.4, -0.2) is 5.78 Å². The Morgan fingerprint density at radius 2 is 2.08 bits per heavy atom. The quantitative estimate of drug-likeness (QED) is 0.323. The number of Topliss-reactive ketones (excluding diaryl/α,β-unsaturated/α-hetero) is 1. The summed E-state index contributed by atoms with van der Waals surface area (Å²) in [5, 5.41) is 11.3. The van der Waals surface area contributed by atoms with Gasteiger partial charge in [0.1, 0.15) is 0 Å². The van der Waals surface area contributed by atoms with E-state index in [-0.39, 0.29) is 44.2 Å². The predicted molar refractivity (Wildman–Crippen MR) is 43.7 cm³/mol. The van der Waals surface area contributed by atoms with E-state index in [2.05, 4.69) is 6.07 Å². The van der Waals surface area contributed by atoms with Crippen LogP contribution < -0.4 is 4.73 Å². The molecule has 0 saturated heterocycles. The van der Waals surface area contributed by atoms with Crippen molar-refractivity contribution in [2.75, 3.05) is 0 Å². The average molecular weight is 253 g/mol. The van der Waals surface area contributed by atoms with Gasteiger partial charge in [-0.2, -0.15) is 6.07 Å². The number of hydrogen-bond donors (Lipinski definition) is 0. The van der Waals surface area contributed by atoms with Crippen LogP contribution in [0.3, 0.4) is 0 Å². The molecule has 67 valence electrons. The Morgan fingerprint density at radius 1 is 1.54 bits per heavy atom. The topological polar surface area (TPSA) is 44.0 Å². The van der Waals surface area contributed by atoms with E-state index in [1.807, 2.05) is 0 Å². The molecule has 4 heteroatoms. The number of hydrogen-bond acceptors (Lipinski definition) is 2. The third kappa shape index (κ3) is 2.58. The van der Waals surface area contributed by atoms with Crippen LogP contribution in [0.4, 0.5) is 0 Å². The zero-order valence-corrected chi connectivity index (χ0v) is 10.8. The van der Waals surface area contributed by atoms with Crippen molar-refractivity contribution in [2.45, 2.75) is 20.8 Å². The molecule has 0 N–H and O–H groups in total. The van der Waals surface area contributed by atoms with Crippen LogP contribution in [-0.2, 0) is 32.7 Å². The molecule has 13 heavy (non-hydrogen) atoms. The van der Waals surface area contributed by atoms with Crippen LogP contribution in [0, 0.1) is 25.1 Å². The summed E-state index contributed by atoms with van der Waals surface area (Å²) in [5.41, 5.74) is 1.28. The van der Waals surface area contributed by atoms with E-state index < -0.39 is 0 Å². The molecule has 0 amide bonds. The Kier molecular flexibility index (Phi) is 4.72. The van der Waals surface area contributed by atoms with Gasteiger partial charge in [-0.3, -0.25) is 4.73 Å². The monoisotopic (exact) mass is 253 g/mol. The zero-order valence-electron chi connectivity index (χ0n) is 7.92. The molecule has 1 aromatic heterocycles. The largest absolute Gasteiger partial charge is 0.640 e. The summed E-state index contributed by atoms with van der Waals surface area (Å²) in [4.78, 5) is 11.0. The van der Waals surface area contributed by atoms with Gasteiger partial charge >= 0.3 is 0 Å². The average Bonchev–Trinajstić information content (AvgIpc) is 1.97. The summed E-state index contributed by atoms with van der Waals surface area (Å²) in [6.45, 7) is 4.73. The zero-order chi connectivity index (χ0) is 9.30. The van der Waals surface area contributed by atoms with Crippen LogP contribution in [0.25, 0.3) is 0 Å². The molecule has 1 aromatic rings. The Balaban J connectivity index is 0.00000144. The van der Waals surface area contributed by atoms with Crippen molar-refractivity contribution >= 4 is 5.78 Å². The van der Waals surface area contributed by atoms with E-state index >= 15 is 0 Å². The standard InChI is InChI=1S/C9H10NO2.Y/c1-6-4-5-7(2)10(12)9(6)8(3)11;/h5H,1-3H3;/q-1;. The molecule has 1 radical (unpaired) electrons. The molecular weight excluding hydrogens is 243 g/mol. The van der Waals surface area contributed by atoms with Crippen molar-refractivity contribution in [3.05, 3.63) is 34.3 Å². The maximum atomic E-state index is 11.3. The van der Waals surface area contributed by atoms with Gasteiger partial charge in [0.2, 0.25) is 0 Å². The summed E-state index contributed by atoms with van der Waals surface area (Å²) in [6.07, 6.45) is 0. The molecule has 0 saturated carbocycles. The molecule has 1 heterocycles. The van der Waals surface area contributed by atoms with E-state index in [0.717, 1.165) is 0 Å². The molecule has 0 aromatic carbocycles. The fraction of sp³-hybridized carbons (Fsp3) is 0.333. The van der Waals surface area contributed by atoms with Gasteiger partial charge in [0, 0.05) is 32.7 Å². The predicted octanol–water partition coefficient (Wildman–Crippen LogP) is 0.937. The van der Waals surface area contributed by atoms with Crippen LogP contribution in [0.1, 0.15) is 28.7 Å². The number of pyridine rings is 1. The van der Waals surface area contributed by atoms with E-state index in [1.165, 1.54) is 6.92 Å². The maximum Gasteiger partial charge on any atom is 0.169 e. The third-order valence-corrected chi connectivity index (χ3v) is 1.71. The Bertz CT molecular complexity index is 337. The smallest absolute Gasteiger partial charge is 0.169 e. The number of aromatic nitrogens is 1. The van der Waals surface area contributed by atoms with Crippen molar-refractivity contribution in [2.24, 2.45) is 0 Å². The number of nitrogens with zero attached hydrogens (tertiary/aromatic N) is 1. The van der Waals surface area contributed by atoms with Crippen molar-refractivity contribution < 1.29 is 42.2 Å². The van der Waals surface area contributed by atoms with E-state index in [4.69, 9.17) is 0 Å². The summed E-state index contributed by atoms with van der Waals surface area (Å²) in [7, 11) is 0. The molecule has 0 aliphatic rings. The molecule has 0 unspecified atom stereocenters. The molecule has 0 spiro atoms. The van der Waals surface area contributed by atoms with Gasteiger partial charge in [-0.15, -0.1) is 6.07 Å².